The molecule has 0 amide bonds. The van der Waals surface area contributed by atoms with Crippen LogP contribution in [-0.2, 0) is 6.42 Å². The van der Waals surface area contributed by atoms with Crippen LogP contribution < -0.4 is 5.32 Å². The number of alkyl halides is 3. The fourth-order valence-corrected chi connectivity index (χ4v) is 4.30. The van der Waals surface area contributed by atoms with Gasteiger partial charge in [0.05, 0.1) is 27.9 Å². The molecule has 1 aliphatic rings. The molecule has 0 radical (unpaired) electrons. The molecular formula is C18H20F3N3S. The molecule has 25 heavy (non-hydrogen) atoms. The van der Waals surface area contributed by atoms with Crippen molar-refractivity contribution in [3.8, 4) is 11.8 Å². The zero-order valence-electron chi connectivity index (χ0n) is 14.2. The first kappa shape index (κ1) is 18.0. The van der Waals surface area contributed by atoms with E-state index in [0.29, 0.717) is 16.3 Å². The van der Waals surface area contributed by atoms with E-state index in [2.05, 4.69) is 34.1 Å². The van der Waals surface area contributed by atoms with Gasteiger partial charge in [-0.3, -0.25) is 4.98 Å². The Kier molecular flexibility index (Phi) is 5.21. The van der Waals surface area contributed by atoms with Crippen LogP contribution in [0.15, 0.2) is 12.4 Å². The van der Waals surface area contributed by atoms with E-state index in [1.165, 1.54) is 17.5 Å². The molecule has 0 saturated carbocycles. The zero-order chi connectivity index (χ0) is 18.0. The molecule has 1 aliphatic heterocycles. The van der Waals surface area contributed by atoms with E-state index in [9.17, 15) is 13.2 Å². The molecule has 0 unspecified atom stereocenters. The van der Waals surface area contributed by atoms with Crippen molar-refractivity contribution in [3.05, 3.63) is 22.8 Å². The average Bonchev–Trinajstić information content (AvgIpc) is 2.87. The molecule has 1 saturated heterocycles. The maximum absolute atomic E-state index is 13.0. The molecule has 0 aliphatic carbocycles. The molecule has 2 aromatic rings. The summed E-state index contributed by atoms with van der Waals surface area (Å²) in [6.45, 7) is 3.66. The van der Waals surface area contributed by atoms with Gasteiger partial charge in [-0.1, -0.05) is 5.92 Å². The molecule has 7 heteroatoms. The van der Waals surface area contributed by atoms with E-state index in [0.717, 1.165) is 36.3 Å². The molecule has 3 rings (SSSR count). The van der Waals surface area contributed by atoms with E-state index in [1.54, 1.807) is 13.1 Å². The summed E-state index contributed by atoms with van der Waals surface area (Å²) in [5.41, 5.74) is 1.05. The maximum Gasteiger partial charge on any atom is 0.393 e. The Morgan fingerprint density at radius 1 is 1.32 bits per heavy atom. The molecule has 1 fully saturated rings. The number of hydrogen-bond acceptors (Lipinski definition) is 4. The van der Waals surface area contributed by atoms with Crippen LogP contribution in [0.3, 0.4) is 0 Å². The summed E-state index contributed by atoms with van der Waals surface area (Å²) >= 11 is 1.32. The number of anilines is 1. The summed E-state index contributed by atoms with van der Waals surface area (Å²) in [5, 5.41) is 4.04. The molecule has 2 aromatic heterocycles. The van der Waals surface area contributed by atoms with E-state index in [-0.39, 0.29) is 5.56 Å². The SMILES string of the molecule is CC#Cc1sc2c(NC3CCN(C)CC3)cncc2c1CC(F)(F)F. The number of thiophene rings is 1. The zero-order valence-corrected chi connectivity index (χ0v) is 15.0. The number of fused-ring (bicyclic) bond motifs is 1. The monoisotopic (exact) mass is 367 g/mol. The van der Waals surface area contributed by atoms with Gasteiger partial charge in [0.15, 0.2) is 0 Å². The average molecular weight is 367 g/mol. The van der Waals surface area contributed by atoms with Gasteiger partial charge in [-0.05, 0) is 45.5 Å². The van der Waals surface area contributed by atoms with Gasteiger partial charge in [-0.15, -0.1) is 17.3 Å². The Morgan fingerprint density at radius 3 is 2.68 bits per heavy atom. The summed E-state index contributed by atoms with van der Waals surface area (Å²) in [6.07, 6.45) is 0.00176. The third-order valence-electron chi connectivity index (χ3n) is 4.39. The lowest BCUT2D eigenvalue weighted by atomic mass is 10.0. The summed E-state index contributed by atoms with van der Waals surface area (Å²) in [6, 6.07) is 0.317. The fourth-order valence-electron chi connectivity index (χ4n) is 3.13. The molecule has 3 nitrogen and oxygen atoms in total. The van der Waals surface area contributed by atoms with Gasteiger partial charge in [0.25, 0.3) is 0 Å². The highest BCUT2D eigenvalue weighted by Crippen LogP contribution is 2.38. The van der Waals surface area contributed by atoms with Crippen molar-refractivity contribution >= 4 is 27.1 Å². The van der Waals surface area contributed by atoms with Gasteiger partial charge in [-0.25, -0.2) is 0 Å². The van der Waals surface area contributed by atoms with Crippen LogP contribution in [0.4, 0.5) is 18.9 Å². The predicted molar refractivity (Wildman–Crippen MR) is 96.1 cm³/mol. The summed E-state index contributed by atoms with van der Waals surface area (Å²) in [4.78, 5) is 6.93. The number of nitrogens with one attached hydrogen (secondary N) is 1. The number of pyridine rings is 1. The molecular weight excluding hydrogens is 347 g/mol. The van der Waals surface area contributed by atoms with Crippen LogP contribution in [0.25, 0.3) is 10.1 Å². The van der Waals surface area contributed by atoms with Crippen LogP contribution in [0.1, 0.15) is 30.2 Å². The van der Waals surface area contributed by atoms with Gasteiger partial charge >= 0.3 is 6.18 Å². The summed E-state index contributed by atoms with van der Waals surface area (Å²) in [7, 11) is 2.09. The first-order valence-corrected chi connectivity index (χ1v) is 9.03. The van der Waals surface area contributed by atoms with Crippen molar-refractivity contribution in [2.45, 2.75) is 38.4 Å². The van der Waals surface area contributed by atoms with Crippen molar-refractivity contribution in [1.29, 1.82) is 0 Å². The highest BCUT2D eigenvalue weighted by atomic mass is 32.1. The minimum Gasteiger partial charge on any atom is -0.380 e. The van der Waals surface area contributed by atoms with E-state index in [1.807, 2.05) is 0 Å². The lowest BCUT2D eigenvalue weighted by Crippen LogP contribution is -2.36. The van der Waals surface area contributed by atoms with E-state index >= 15 is 0 Å². The number of rotatable bonds is 3. The largest absolute Gasteiger partial charge is 0.393 e. The highest BCUT2D eigenvalue weighted by Gasteiger charge is 2.31. The molecule has 0 atom stereocenters. The first-order valence-electron chi connectivity index (χ1n) is 8.21. The van der Waals surface area contributed by atoms with Gasteiger partial charge in [0.2, 0.25) is 0 Å². The minimum atomic E-state index is -4.27. The quantitative estimate of drug-likeness (QED) is 0.821. The van der Waals surface area contributed by atoms with Crippen LogP contribution in [-0.4, -0.2) is 42.2 Å². The number of nitrogens with zero attached hydrogens (tertiary/aromatic N) is 2. The van der Waals surface area contributed by atoms with Crippen molar-refractivity contribution in [2.75, 3.05) is 25.5 Å². The van der Waals surface area contributed by atoms with Crippen molar-refractivity contribution < 1.29 is 13.2 Å². The molecule has 0 bridgehead atoms. The van der Waals surface area contributed by atoms with Crippen LogP contribution in [0.2, 0.25) is 0 Å². The molecule has 0 spiro atoms. The van der Waals surface area contributed by atoms with Crippen molar-refractivity contribution in [1.82, 2.24) is 9.88 Å². The standard InChI is InChI=1S/C18H20F3N3S/c1-3-4-16-13(9-18(19,20)21)14-10-22-11-15(17(14)25-16)23-12-5-7-24(2)8-6-12/h10-12,23H,5-9H2,1-2H3. The molecule has 0 aromatic carbocycles. The first-order chi connectivity index (χ1) is 11.9. The second kappa shape index (κ2) is 7.22. The van der Waals surface area contributed by atoms with E-state index < -0.39 is 12.6 Å². The normalized spacial score (nSPS) is 16.7. The third kappa shape index (κ3) is 4.25. The van der Waals surface area contributed by atoms with E-state index in [4.69, 9.17) is 0 Å². The lowest BCUT2D eigenvalue weighted by molar-refractivity contribution is -0.126. The van der Waals surface area contributed by atoms with Crippen molar-refractivity contribution in [3.63, 3.8) is 0 Å². The molecule has 3 heterocycles. The van der Waals surface area contributed by atoms with Gasteiger partial charge in [0.1, 0.15) is 0 Å². The second-order valence-corrected chi connectivity index (χ2v) is 7.38. The predicted octanol–water partition coefficient (Wildman–Crippen LogP) is 4.28. The van der Waals surface area contributed by atoms with Gasteiger partial charge < -0.3 is 10.2 Å². The molecule has 1 N–H and O–H groups in total. The minimum absolute atomic E-state index is 0.237. The van der Waals surface area contributed by atoms with Crippen molar-refractivity contribution in [2.24, 2.45) is 0 Å². The number of halogens is 3. The van der Waals surface area contributed by atoms with Gasteiger partial charge in [-0.2, -0.15) is 13.2 Å². The highest BCUT2D eigenvalue weighted by molar-refractivity contribution is 7.20. The Bertz CT molecular complexity index is 809. The topological polar surface area (TPSA) is 28.2 Å². The Labute approximate surface area is 149 Å². The van der Waals surface area contributed by atoms with Crippen LogP contribution in [0.5, 0.6) is 0 Å². The lowest BCUT2D eigenvalue weighted by Gasteiger charge is -2.30. The Hall–Kier alpha value is -1.78. The number of likely N-dealkylation sites (tertiary alicyclic amines) is 1. The fraction of sp³-hybridized carbons (Fsp3) is 0.500. The van der Waals surface area contributed by atoms with Gasteiger partial charge in [0, 0.05) is 17.6 Å². The van der Waals surface area contributed by atoms with Crippen LogP contribution in [0, 0.1) is 11.8 Å². The smallest absolute Gasteiger partial charge is 0.380 e. The number of aromatic nitrogens is 1. The second-order valence-electron chi connectivity index (χ2n) is 6.36. The molecule has 134 valence electrons. The Balaban J connectivity index is 1.97. The number of piperidine rings is 1. The summed E-state index contributed by atoms with van der Waals surface area (Å²) in [5.74, 6) is 5.55. The third-order valence-corrected chi connectivity index (χ3v) is 5.59. The van der Waals surface area contributed by atoms with Crippen LogP contribution >= 0.6 is 11.3 Å². The summed E-state index contributed by atoms with van der Waals surface area (Å²) < 4.78 is 39.8. The maximum atomic E-state index is 13.0. The number of hydrogen-bond donors (Lipinski definition) is 1. The Morgan fingerprint density at radius 2 is 2.04 bits per heavy atom.